The third kappa shape index (κ3) is 44.1. The van der Waals surface area contributed by atoms with E-state index in [2.05, 4.69) is 114 Å². The number of H-pyrrole nitrogens is 1. The van der Waals surface area contributed by atoms with E-state index in [0.29, 0.717) is 53.1 Å². The zero-order valence-corrected chi connectivity index (χ0v) is 83.1. The number of aromatic nitrogens is 8. The van der Waals surface area contributed by atoms with Crippen molar-refractivity contribution in [2.24, 2.45) is 0 Å². The number of carbonyl (C=O) groups excluding carboxylic acids is 12. The zero-order chi connectivity index (χ0) is 110. The van der Waals surface area contributed by atoms with E-state index in [4.69, 9.17) is 21.9 Å². The lowest BCUT2D eigenvalue weighted by Gasteiger charge is -2.28. The van der Waals surface area contributed by atoms with Crippen molar-refractivity contribution in [2.45, 2.75) is 258 Å². The first-order chi connectivity index (χ1) is 70.7. The summed E-state index contributed by atoms with van der Waals surface area (Å²) in [7, 11) is 2.40. The standard InChI is InChI=1S/C89H133N25O33S2/c1-42(101-79(138)45-11-15-47(16-12-45)94-31-49-33-99-77-68(104-49)76(90)111-87(91)112-77)7-4-5-28-93-89(146)147-29-30-148-149-41-44(3)103-81(140)53(20-25-63(125)97-36-57(119)71(133)74(136)60(122)39-116)108-85(144)55(22-27-67(130)131)110-84(143)54(21-26-64(126)98-37-58(120)72(134)75(137)61(123)40-117)109-82(141)51(8-6-9-66(128)129)107-83(142)52(19-24-62(124)96-35-56(118)70(132)73(135)59(121)38-115)106-65(127)23-10-43(2)102-80(139)46-13-17-48(18-14-46)95-32-50-34-100-78-69(105-50)86(145)114-88(92)113-78/h11-18,33-34,42-44,51-61,70-75,94-95,115-123,132-137H,4-10,19-32,35-41H2,1-3H3,(H,93,146)(H,96,124)(H,97,125)(H,98,126)(H,101,138)(H,102,139)(H,103,140)(H,106,127)(H,107,142)(H,108,144)(H,109,141)(H,110,143)(H,128,129)(H,130,131)(H4,90,91,99,111,112)(H3,92,100,113,114,145)/t42-,43-,44-,51+,52+,53+,54+,55+,56+,57+,58+,59-,60-,61-,70-,71-,72-,73-,74-,75-/m1/s1. The van der Waals surface area contributed by atoms with Gasteiger partial charge in [-0.15, -0.1) is 0 Å². The van der Waals surface area contributed by atoms with Gasteiger partial charge in [0, 0.05) is 117 Å². The molecule has 38 N–H and O–H groups in total. The van der Waals surface area contributed by atoms with E-state index in [1.165, 1.54) is 60.0 Å². The number of ether oxygens (including phenoxy) is 1. The van der Waals surface area contributed by atoms with Gasteiger partial charge in [-0.2, -0.15) is 15.0 Å². The second-order valence-corrected chi connectivity index (χ2v) is 37.3. The molecule has 2 aromatic carbocycles. The Labute approximate surface area is 858 Å². The van der Waals surface area contributed by atoms with Gasteiger partial charge >= 0.3 is 18.0 Å². The molecule has 149 heavy (non-hydrogen) atoms. The van der Waals surface area contributed by atoms with Crippen molar-refractivity contribution >= 4 is 156 Å². The van der Waals surface area contributed by atoms with Gasteiger partial charge in [0.25, 0.3) is 17.4 Å². The van der Waals surface area contributed by atoms with Gasteiger partial charge in [0.05, 0.1) is 75.0 Å². The third-order valence-electron chi connectivity index (χ3n) is 22.5. The van der Waals surface area contributed by atoms with E-state index >= 15 is 0 Å². The molecule has 6 rings (SSSR count). The molecule has 0 saturated carbocycles. The average Bonchev–Trinajstić information content (AvgIpc) is 0.810. The highest BCUT2D eigenvalue weighted by Crippen LogP contribution is 2.24. The first-order valence-corrected chi connectivity index (χ1v) is 49.7. The number of nitrogens with two attached hydrogens (primary N) is 3. The van der Waals surface area contributed by atoms with E-state index in [-0.39, 0.29) is 96.2 Å². The van der Waals surface area contributed by atoms with Crippen molar-refractivity contribution in [2.75, 3.05) is 91.9 Å². The van der Waals surface area contributed by atoms with Crippen LogP contribution < -0.4 is 97.2 Å². The number of aromatic amines is 1. The smallest absolute Gasteiger partial charge is 0.407 e. The predicted octanol–water partition coefficient (Wildman–Crippen LogP) is -9.54. The highest BCUT2D eigenvalue weighted by Gasteiger charge is 2.38. The first kappa shape index (κ1) is 124. The summed E-state index contributed by atoms with van der Waals surface area (Å²) in [4.78, 5) is 236. The molecule has 0 aliphatic heterocycles. The summed E-state index contributed by atoms with van der Waals surface area (Å²) in [6, 6.07) is 1.03. The van der Waals surface area contributed by atoms with Gasteiger partial charge in [0.2, 0.25) is 65.1 Å². The molecule has 4 aromatic heterocycles. The highest BCUT2D eigenvalue weighted by atomic mass is 33.1. The van der Waals surface area contributed by atoms with Gasteiger partial charge < -0.3 is 183 Å². The third-order valence-corrected chi connectivity index (χ3v) is 25.1. The van der Waals surface area contributed by atoms with Crippen molar-refractivity contribution in [1.82, 2.24) is 104 Å². The van der Waals surface area contributed by atoms with Gasteiger partial charge in [-0.05, 0) is 134 Å². The molecule has 0 aliphatic rings. The fourth-order valence-electron chi connectivity index (χ4n) is 13.9. The van der Waals surface area contributed by atoms with Gasteiger partial charge in [-0.1, -0.05) is 21.6 Å². The Morgan fingerprint density at radius 3 is 1.22 bits per heavy atom. The molecule has 58 nitrogen and oxygen atoms in total. The Morgan fingerprint density at radius 2 is 0.785 bits per heavy atom. The second kappa shape index (κ2) is 64.1. The number of carboxylic acids is 2. The molecular weight excluding hydrogens is 2010 g/mol. The Morgan fingerprint density at radius 1 is 0.396 bits per heavy atom. The number of aliphatic hydroxyl groups excluding tert-OH is 15. The number of carboxylic acid groups (broad SMARTS) is 2. The van der Waals surface area contributed by atoms with E-state index in [1.54, 1.807) is 36.4 Å². The SMILES string of the molecule is C[C@H](CCCCNC(=O)OCCSSC[C@@H](C)NC(=O)[C@H](CCC(=O)NC[C@H](O)[C@@H](O)[C@H](O)[C@H](O)CO)NC(=O)[C@H](CCC(=O)O)NC(=O)[C@H](CCC(=O)NC[C@H](O)[C@@H](O)[C@H](O)[C@H](O)CO)NC(=O)[C@H](CCCC(=O)O)NC(=O)[C@H](CCC(=O)NC[C@H](O)[C@@H](O)[C@H](O)[C@H](O)CO)NC(=O)CC[C@@H](C)NC(=O)c1ccc(NCc2cnc3nc(N)[nH]c(=O)c3n2)cc1)NC(=O)c1ccc(NCc2cnc3nc(N)nc(N)c3n2)cc1. The van der Waals surface area contributed by atoms with Gasteiger partial charge in [-0.25, -0.2) is 24.7 Å². The van der Waals surface area contributed by atoms with Gasteiger partial charge in [0.15, 0.2) is 28.1 Å². The summed E-state index contributed by atoms with van der Waals surface area (Å²) in [6.07, 6.45) is -29.9. The maximum Gasteiger partial charge on any atom is 0.407 e. The highest BCUT2D eigenvalue weighted by molar-refractivity contribution is 8.76. The summed E-state index contributed by atoms with van der Waals surface area (Å²) in [5.41, 5.74) is 19.8. The number of rotatable bonds is 69. The van der Waals surface area contributed by atoms with Crippen LogP contribution in [0.2, 0.25) is 0 Å². The number of alkyl carbamates (subject to hydrolysis) is 1. The number of benzene rings is 2. The normalized spacial score (nSPS) is 15.4. The Balaban J connectivity index is 1.15. The number of aliphatic hydroxyl groups is 15. The predicted molar refractivity (Wildman–Crippen MR) is 531 cm³/mol. The van der Waals surface area contributed by atoms with Crippen LogP contribution in [-0.4, -0.2) is 395 Å². The Hall–Kier alpha value is -13.4. The number of amides is 12. The number of hydrogen-bond donors (Lipinski definition) is 35. The summed E-state index contributed by atoms with van der Waals surface area (Å²) < 4.78 is 5.32. The van der Waals surface area contributed by atoms with Crippen LogP contribution >= 0.6 is 21.6 Å². The number of carbonyl (C=O) groups is 14. The van der Waals surface area contributed by atoms with E-state index in [9.17, 15) is 159 Å². The van der Waals surface area contributed by atoms with E-state index in [1.807, 2.05) is 6.92 Å². The van der Waals surface area contributed by atoms with Gasteiger partial charge in [0.1, 0.15) is 91.8 Å². The number of hydrogen-bond acceptors (Lipinski definition) is 45. The molecular formula is C89H133N25O33S2. The molecule has 4 heterocycles. The van der Waals surface area contributed by atoms with Crippen LogP contribution in [0.15, 0.2) is 65.7 Å². The molecule has 0 fully saturated rings. The fourth-order valence-corrected chi connectivity index (χ4v) is 16.0. The lowest BCUT2D eigenvalue weighted by molar-refractivity contribution is -0.139. The number of aliphatic carboxylic acids is 2. The number of anilines is 5. The molecule has 0 radical (unpaired) electrons. The molecule has 6 aromatic rings. The van der Waals surface area contributed by atoms with Crippen molar-refractivity contribution < 1.29 is 159 Å². The summed E-state index contributed by atoms with van der Waals surface area (Å²) in [6.45, 7) is -0.370. The second-order valence-electron chi connectivity index (χ2n) is 34.7. The van der Waals surface area contributed by atoms with Gasteiger partial charge in [-0.3, -0.25) is 72.1 Å². The topological polar surface area (TPSA) is 962 Å². The summed E-state index contributed by atoms with van der Waals surface area (Å²) in [5, 5.41) is 206. The molecule has 0 spiro atoms. The largest absolute Gasteiger partial charge is 0.481 e. The number of fused-ring (bicyclic) bond motifs is 2. The van der Waals surface area contributed by atoms with E-state index in [0.717, 1.165) is 0 Å². The van der Waals surface area contributed by atoms with Crippen LogP contribution in [0.5, 0.6) is 0 Å². The van der Waals surface area contributed by atoms with Crippen LogP contribution in [-0.2, 0) is 70.6 Å². The lowest BCUT2D eigenvalue weighted by Crippen LogP contribution is -2.59. The van der Waals surface area contributed by atoms with Crippen LogP contribution in [0.3, 0.4) is 0 Å². The first-order valence-electron chi connectivity index (χ1n) is 47.2. The fraction of sp³-hybridized carbons (Fsp3) is 0.573. The maximum absolute atomic E-state index is 15.0. The monoisotopic (exact) mass is 2140 g/mol. The average molecular weight is 2150 g/mol. The Bertz CT molecular complexity index is 5450. The van der Waals surface area contributed by atoms with Crippen molar-refractivity contribution in [1.29, 1.82) is 0 Å². The van der Waals surface area contributed by atoms with Crippen LogP contribution in [0.25, 0.3) is 22.3 Å². The van der Waals surface area contributed by atoms with E-state index < -0.39 is 315 Å². The minimum Gasteiger partial charge on any atom is -0.481 e. The molecule has 0 unspecified atom stereocenters. The molecule has 824 valence electrons. The Kier molecular flexibility index (Phi) is 53.4. The summed E-state index contributed by atoms with van der Waals surface area (Å²) in [5.74, 6) is -14.3. The lowest BCUT2D eigenvalue weighted by atomic mass is 10.0. The number of nitrogens with zero attached hydrogens (tertiary/aromatic N) is 7. The zero-order valence-electron chi connectivity index (χ0n) is 81.4. The van der Waals surface area contributed by atoms with Crippen molar-refractivity contribution in [3.63, 3.8) is 0 Å². The molecule has 20 atom stereocenters. The molecule has 0 bridgehead atoms. The van der Waals surface area contributed by atoms with Crippen LogP contribution in [0.4, 0.5) is 33.9 Å². The maximum atomic E-state index is 15.0. The van der Waals surface area contributed by atoms with Crippen molar-refractivity contribution in [3.05, 3.63) is 93.8 Å². The molecule has 12 amide bonds. The quantitative estimate of drug-likeness (QED) is 0.0125. The van der Waals surface area contributed by atoms with Crippen LogP contribution in [0.1, 0.15) is 156 Å². The number of nitrogens with one attached hydrogen (secondary N) is 15. The van der Waals surface area contributed by atoms with Crippen LogP contribution in [0, 0.1) is 0 Å². The number of unbranched alkanes of at least 4 members (excludes halogenated alkanes) is 1. The minimum absolute atomic E-state index is 0.0230. The molecule has 60 heteroatoms. The van der Waals surface area contributed by atoms with Crippen molar-refractivity contribution in [3.8, 4) is 0 Å². The minimum atomic E-state index is -2.22. The molecule has 0 aliphatic carbocycles. The summed E-state index contributed by atoms with van der Waals surface area (Å²) >= 11 is 0. The number of nitrogen functional groups attached to an aromatic ring is 3. The molecule has 0 saturated heterocycles.